The standard InChI is InChI=1S/C12H14O13.4Na.4H/c13-5(14)1-11(24,9(20)21)4-8(19)25-12(10(22)23,2-6(15)16)3-7(17)18;;;;;;;;/h24H,1-4H2,(H,13,14)(H,15,16)(H,17,18)(H,20,21)(H,22,23);;;;;;;;. The first-order valence-corrected chi connectivity index (χ1v) is 6.30. The molecule has 0 aliphatic rings. The van der Waals surface area contributed by atoms with E-state index in [1.54, 1.807) is 0 Å². The molecule has 0 saturated heterocycles. The van der Waals surface area contributed by atoms with Gasteiger partial charge in [-0.2, -0.15) is 0 Å². The Labute approximate surface area is 251 Å². The van der Waals surface area contributed by atoms with Gasteiger partial charge in [-0.1, -0.05) is 0 Å². The van der Waals surface area contributed by atoms with Crippen molar-refractivity contribution in [2.75, 3.05) is 0 Å². The van der Waals surface area contributed by atoms with Crippen LogP contribution in [0.15, 0.2) is 0 Å². The van der Waals surface area contributed by atoms with Crippen LogP contribution >= 0.6 is 0 Å². The van der Waals surface area contributed by atoms with E-state index in [1.807, 2.05) is 0 Å². The van der Waals surface area contributed by atoms with Crippen LogP contribution in [0.3, 0.4) is 0 Å². The Bertz CT molecular complexity index is 607. The molecule has 0 aromatic rings. The monoisotopic (exact) mass is 462 g/mol. The molecule has 1 atom stereocenters. The minimum atomic E-state index is -3.17. The number of carboxylic acids is 5. The van der Waals surface area contributed by atoms with Gasteiger partial charge >= 0.3 is 154 Å². The van der Waals surface area contributed by atoms with Gasteiger partial charge in [-0.15, -0.1) is 0 Å². The van der Waals surface area contributed by atoms with Gasteiger partial charge in [0.15, 0.2) is 5.60 Å². The Morgan fingerprint density at radius 1 is 0.586 bits per heavy atom. The molecule has 0 radical (unpaired) electrons. The molecule has 0 aliphatic heterocycles. The number of carbonyl (C=O) groups excluding carboxylic acids is 1. The van der Waals surface area contributed by atoms with Gasteiger partial charge in [0.2, 0.25) is 5.60 Å². The van der Waals surface area contributed by atoms with Gasteiger partial charge in [0.05, 0.1) is 25.7 Å². The third kappa shape index (κ3) is 14.5. The van der Waals surface area contributed by atoms with Crippen LogP contribution in [-0.4, -0.2) is 196 Å². The predicted octanol–water partition coefficient (Wildman–Crippen LogP) is -4.61. The van der Waals surface area contributed by atoms with Crippen molar-refractivity contribution in [1.82, 2.24) is 0 Å². The van der Waals surface area contributed by atoms with Crippen LogP contribution in [-0.2, 0) is 33.5 Å². The second-order valence-corrected chi connectivity index (χ2v) is 5.00. The molecule has 0 heterocycles. The van der Waals surface area contributed by atoms with Crippen molar-refractivity contribution in [3.8, 4) is 0 Å². The molecule has 0 amide bonds. The number of esters is 1. The molecule has 17 heteroatoms. The molecule has 6 N–H and O–H groups in total. The Hall–Kier alpha value is 0.780. The Balaban J connectivity index is -0.000000480. The molecule has 13 nitrogen and oxygen atoms in total. The second kappa shape index (κ2) is 17.3. The van der Waals surface area contributed by atoms with Crippen LogP contribution < -0.4 is 0 Å². The van der Waals surface area contributed by atoms with Gasteiger partial charge in [0.1, 0.15) is 0 Å². The van der Waals surface area contributed by atoms with Gasteiger partial charge in [0.25, 0.3) is 0 Å². The van der Waals surface area contributed by atoms with E-state index in [0.29, 0.717) is 0 Å². The summed E-state index contributed by atoms with van der Waals surface area (Å²) in [7, 11) is 0. The minimum absolute atomic E-state index is 0. The first-order chi connectivity index (χ1) is 11.2. The van der Waals surface area contributed by atoms with E-state index in [9.17, 15) is 33.9 Å². The Morgan fingerprint density at radius 3 is 1.17 bits per heavy atom. The van der Waals surface area contributed by atoms with E-state index in [0.717, 1.165) is 0 Å². The normalized spacial score (nSPS) is 11.5. The third-order valence-electron chi connectivity index (χ3n) is 2.85. The molecule has 0 fully saturated rings. The molecule has 0 rings (SSSR count). The van der Waals surface area contributed by atoms with Crippen LogP contribution in [0, 0.1) is 0 Å². The van der Waals surface area contributed by atoms with Crippen molar-refractivity contribution in [3.05, 3.63) is 0 Å². The summed E-state index contributed by atoms with van der Waals surface area (Å²) in [5, 5.41) is 53.5. The number of aliphatic carboxylic acids is 5. The van der Waals surface area contributed by atoms with Crippen LogP contribution in [0.5, 0.6) is 0 Å². The fourth-order valence-electron chi connectivity index (χ4n) is 1.77. The zero-order chi connectivity index (χ0) is 20.0. The number of ether oxygens (including phenoxy) is 1. The molecule has 0 aromatic carbocycles. The summed E-state index contributed by atoms with van der Waals surface area (Å²) < 4.78 is 4.33. The van der Waals surface area contributed by atoms with Gasteiger partial charge in [0, 0.05) is 0 Å². The Morgan fingerprint density at radius 2 is 0.931 bits per heavy atom. The average molecular weight is 462 g/mol. The van der Waals surface area contributed by atoms with E-state index in [1.165, 1.54) is 0 Å². The molecular formula is C12H18Na4O13. The summed E-state index contributed by atoms with van der Waals surface area (Å²) in [4.78, 5) is 66.0. The number of carbonyl (C=O) groups is 6. The van der Waals surface area contributed by atoms with Gasteiger partial charge in [-0.05, 0) is 0 Å². The zero-order valence-electron chi connectivity index (χ0n) is 12.4. The number of hydrogen-bond donors (Lipinski definition) is 6. The van der Waals surface area contributed by atoms with Crippen molar-refractivity contribution < 1.29 is 64.1 Å². The molecule has 0 aliphatic carbocycles. The Kier molecular flexibility index (Phi) is 24.0. The fraction of sp³-hybridized carbons (Fsp3) is 0.500. The number of hydrogen-bond acceptors (Lipinski definition) is 8. The second-order valence-electron chi connectivity index (χ2n) is 5.00. The van der Waals surface area contributed by atoms with Gasteiger partial charge in [-0.3, -0.25) is 19.2 Å². The molecule has 148 valence electrons. The first kappa shape index (κ1) is 40.2. The van der Waals surface area contributed by atoms with Crippen molar-refractivity contribution in [2.24, 2.45) is 0 Å². The summed E-state index contributed by atoms with van der Waals surface area (Å²) in [5.41, 5.74) is -6.24. The van der Waals surface area contributed by atoms with Gasteiger partial charge < -0.3 is 35.4 Å². The third-order valence-corrected chi connectivity index (χ3v) is 2.85. The van der Waals surface area contributed by atoms with Gasteiger partial charge in [-0.25, -0.2) is 9.59 Å². The zero-order valence-corrected chi connectivity index (χ0v) is 12.4. The SMILES string of the molecule is O=C(O)CC(O)(CC(=O)OC(CC(=O)O)(CC(=O)O)C(=O)O)C(=O)O.[NaH].[NaH].[NaH].[NaH]. The van der Waals surface area contributed by atoms with Crippen molar-refractivity contribution in [1.29, 1.82) is 0 Å². The molecule has 0 saturated carbocycles. The quantitative estimate of drug-likeness (QED) is 0.125. The van der Waals surface area contributed by atoms with Crippen molar-refractivity contribution >= 4 is 154 Å². The molecule has 0 spiro atoms. The van der Waals surface area contributed by atoms with E-state index in [2.05, 4.69) is 4.74 Å². The summed E-state index contributed by atoms with van der Waals surface area (Å²) in [6.45, 7) is 0. The molecular weight excluding hydrogens is 444 g/mol. The van der Waals surface area contributed by atoms with E-state index in [-0.39, 0.29) is 118 Å². The fourth-order valence-corrected chi connectivity index (χ4v) is 1.77. The van der Waals surface area contributed by atoms with Crippen molar-refractivity contribution in [3.63, 3.8) is 0 Å². The summed E-state index contributed by atoms with van der Waals surface area (Å²) in [6.07, 6.45) is -5.94. The molecule has 0 aromatic heterocycles. The maximum absolute atomic E-state index is 11.7. The topological polar surface area (TPSA) is 233 Å². The molecule has 29 heavy (non-hydrogen) atoms. The van der Waals surface area contributed by atoms with E-state index < -0.39 is 72.7 Å². The van der Waals surface area contributed by atoms with Crippen LogP contribution in [0.25, 0.3) is 0 Å². The predicted molar refractivity (Wildman–Crippen MR) is 99.0 cm³/mol. The number of aliphatic hydroxyl groups is 1. The molecule has 1 unspecified atom stereocenters. The van der Waals surface area contributed by atoms with Crippen LogP contribution in [0.1, 0.15) is 25.7 Å². The molecule has 0 bridgehead atoms. The van der Waals surface area contributed by atoms with Crippen LogP contribution in [0.2, 0.25) is 0 Å². The maximum atomic E-state index is 11.7. The van der Waals surface area contributed by atoms with Crippen LogP contribution in [0.4, 0.5) is 0 Å². The number of rotatable bonds is 11. The first-order valence-electron chi connectivity index (χ1n) is 6.30. The average Bonchev–Trinajstić information content (AvgIpc) is 2.34. The van der Waals surface area contributed by atoms with E-state index in [4.69, 9.17) is 25.5 Å². The van der Waals surface area contributed by atoms with E-state index >= 15 is 0 Å². The summed E-state index contributed by atoms with van der Waals surface area (Å²) >= 11 is 0. The summed E-state index contributed by atoms with van der Waals surface area (Å²) in [5.74, 6) is -11.6. The van der Waals surface area contributed by atoms with Crippen molar-refractivity contribution in [2.45, 2.75) is 36.9 Å². The number of carboxylic acid groups (broad SMARTS) is 5. The summed E-state index contributed by atoms with van der Waals surface area (Å²) in [6, 6.07) is 0.